The number of benzene rings is 1. The summed E-state index contributed by atoms with van der Waals surface area (Å²) >= 11 is 0. The third-order valence-corrected chi connectivity index (χ3v) is 2.75. The molecule has 1 aromatic rings. The van der Waals surface area contributed by atoms with Gasteiger partial charge in [-0.2, -0.15) is 0 Å². The van der Waals surface area contributed by atoms with Crippen LogP contribution in [0.15, 0.2) is 12.1 Å². The van der Waals surface area contributed by atoms with Crippen molar-refractivity contribution in [3.8, 4) is 5.75 Å². The topological polar surface area (TPSA) is 110 Å². The van der Waals surface area contributed by atoms with E-state index in [1.165, 1.54) is 12.1 Å². The number of aryl methyl sites for hydroxylation is 1. The summed E-state index contributed by atoms with van der Waals surface area (Å²) in [6.07, 6.45) is 1.36. The highest BCUT2D eigenvalue weighted by molar-refractivity contribution is 7.92. The number of nitrogens with one attached hydrogen (secondary N) is 1. The molecule has 1 aromatic carbocycles. The number of carboxylic acid groups (broad SMARTS) is 1. The van der Waals surface area contributed by atoms with Crippen molar-refractivity contribution in [2.24, 2.45) is 0 Å². The van der Waals surface area contributed by atoms with Gasteiger partial charge in [-0.1, -0.05) is 6.07 Å². The van der Waals surface area contributed by atoms with Crippen molar-refractivity contribution in [3.05, 3.63) is 23.3 Å². The van der Waals surface area contributed by atoms with E-state index in [0.717, 1.165) is 6.26 Å². The van der Waals surface area contributed by atoms with Crippen LogP contribution in [0.1, 0.15) is 15.9 Å². The van der Waals surface area contributed by atoms with Gasteiger partial charge in [0.25, 0.3) is 0 Å². The first kappa shape index (κ1) is 15.0. The van der Waals surface area contributed by atoms with E-state index in [2.05, 4.69) is 4.72 Å². The molecule has 0 saturated carbocycles. The molecule has 19 heavy (non-hydrogen) atoms. The Labute approximate surface area is 110 Å². The second kappa shape index (κ2) is 5.70. The summed E-state index contributed by atoms with van der Waals surface area (Å²) in [5.41, 5.74) is 0.572. The first-order valence-electron chi connectivity index (χ1n) is 5.15. The van der Waals surface area contributed by atoms with E-state index >= 15 is 0 Å². The molecule has 104 valence electrons. The van der Waals surface area contributed by atoms with Crippen molar-refractivity contribution in [2.75, 3.05) is 17.6 Å². The standard InChI is InChI=1S/C11H13NO6S/c1-7-3-4-9(18-6-10(14)15)8(5-13)11(7)12-19(2,16)17/h3-5,12H,6H2,1-2H3,(H,14,15). The van der Waals surface area contributed by atoms with Crippen molar-refractivity contribution in [1.29, 1.82) is 0 Å². The van der Waals surface area contributed by atoms with E-state index in [1.807, 2.05) is 0 Å². The zero-order valence-electron chi connectivity index (χ0n) is 10.3. The van der Waals surface area contributed by atoms with Crippen LogP contribution in [0, 0.1) is 6.92 Å². The molecule has 0 aromatic heterocycles. The van der Waals surface area contributed by atoms with E-state index in [1.54, 1.807) is 6.92 Å². The number of aldehydes is 1. The predicted octanol–water partition coefficient (Wildman–Crippen LogP) is 0.642. The zero-order valence-corrected chi connectivity index (χ0v) is 11.2. The van der Waals surface area contributed by atoms with Crippen molar-refractivity contribution in [1.82, 2.24) is 0 Å². The fourth-order valence-corrected chi connectivity index (χ4v) is 2.05. The van der Waals surface area contributed by atoms with E-state index in [-0.39, 0.29) is 17.0 Å². The molecule has 2 N–H and O–H groups in total. The number of hydrogen-bond donors (Lipinski definition) is 2. The smallest absolute Gasteiger partial charge is 0.341 e. The quantitative estimate of drug-likeness (QED) is 0.743. The maximum atomic E-state index is 11.2. The van der Waals surface area contributed by atoms with Gasteiger partial charge in [0, 0.05) is 0 Å². The van der Waals surface area contributed by atoms with Crippen LogP contribution in [0.5, 0.6) is 5.75 Å². The molecule has 0 saturated heterocycles. The van der Waals surface area contributed by atoms with Crippen LogP contribution >= 0.6 is 0 Å². The minimum Gasteiger partial charge on any atom is -0.481 e. The van der Waals surface area contributed by atoms with Crippen LogP contribution in [0.3, 0.4) is 0 Å². The monoisotopic (exact) mass is 287 g/mol. The Morgan fingerprint density at radius 2 is 2.11 bits per heavy atom. The minimum absolute atomic E-state index is 0.00847. The maximum Gasteiger partial charge on any atom is 0.341 e. The fourth-order valence-electron chi connectivity index (χ4n) is 1.41. The van der Waals surface area contributed by atoms with Crippen LogP contribution in [0.25, 0.3) is 0 Å². The molecule has 0 aliphatic carbocycles. The predicted molar refractivity (Wildman–Crippen MR) is 68.2 cm³/mol. The summed E-state index contributed by atoms with van der Waals surface area (Å²) < 4.78 is 29.6. The lowest BCUT2D eigenvalue weighted by Gasteiger charge is -2.14. The molecule has 0 unspecified atom stereocenters. The summed E-state index contributed by atoms with van der Waals surface area (Å²) in [6, 6.07) is 2.94. The molecule has 7 nitrogen and oxygen atoms in total. The average molecular weight is 287 g/mol. The second-order valence-electron chi connectivity index (χ2n) is 3.84. The number of anilines is 1. The molecular weight excluding hydrogens is 274 g/mol. The molecule has 0 aliphatic rings. The number of carbonyl (C=O) groups is 2. The van der Waals surface area contributed by atoms with Crippen molar-refractivity contribution in [2.45, 2.75) is 6.92 Å². The van der Waals surface area contributed by atoms with E-state index in [9.17, 15) is 18.0 Å². The number of rotatable bonds is 6. The molecule has 0 aliphatic heterocycles. The summed E-state index contributed by atoms with van der Waals surface area (Å²) in [5, 5.41) is 8.52. The van der Waals surface area contributed by atoms with Gasteiger partial charge in [-0.05, 0) is 18.6 Å². The minimum atomic E-state index is -3.56. The summed E-state index contributed by atoms with van der Waals surface area (Å²) in [6.45, 7) is 0.990. The second-order valence-corrected chi connectivity index (χ2v) is 5.59. The molecule has 0 heterocycles. The van der Waals surface area contributed by atoms with Crippen LogP contribution in [0.2, 0.25) is 0 Å². The van der Waals surface area contributed by atoms with Gasteiger partial charge in [0.1, 0.15) is 5.75 Å². The molecule has 1 rings (SSSR count). The van der Waals surface area contributed by atoms with Crippen molar-refractivity contribution >= 4 is 28.0 Å². The van der Waals surface area contributed by atoms with Gasteiger partial charge in [-0.15, -0.1) is 0 Å². The molecular formula is C11H13NO6S. The highest BCUT2D eigenvalue weighted by Gasteiger charge is 2.15. The van der Waals surface area contributed by atoms with Crippen LogP contribution in [-0.2, 0) is 14.8 Å². The highest BCUT2D eigenvalue weighted by Crippen LogP contribution is 2.29. The Morgan fingerprint density at radius 1 is 1.47 bits per heavy atom. The Balaban J connectivity index is 3.25. The number of carboxylic acids is 1. The lowest BCUT2D eigenvalue weighted by atomic mass is 10.1. The molecule has 0 bridgehead atoms. The molecule has 0 amide bonds. The fraction of sp³-hybridized carbons (Fsp3) is 0.273. The van der Waals surface area contributed by atoms with E-state index < -0.39 is 22.6 Å². The molecule has 8 heteroatoms. The van der Waals surface area contributed by atoms with Gasteiger partial charge in [0.05, 0.1) is 17.5 Å². The Bertz CT molecular complexity index is 608. The maximum absolute atomic E-state index is 11.2. The molecule has 0 fully saturated rings. The largest absolute Gasteiger partial charge is 0.481 e. The van der Waals surface area contributed by atoms with Gasteiger partial charge < -0.3 is 9.84 Å². The zero-order chi connectivity index (χ0) is 14.6. The van der Waals surface area contributed by atoms with Gasteiger partial charge in [0.15, 0.2) is 12.9 Å². The first-order valence-corrected chi connectivity index (χ1v) is 7.05. The summed E-state index contributed by atoms with van der Waals surface area (Å²) in [4.78, 5) is 21.5. The van der Waals surface area contributed by atoms with Gasteiger partial charge in [-0.25, -0.2) is 13.2 Å². The van der Waals surface area contributed by atoms with E-state index in [0.29, 0.717) is 11.8 Å². The molecule has 0 radical (unpaired) electrons. The first-order chi connectivity index (χ1) is 8.74. The van der Waals surface area contributed by atoms with Crippen molar-refractivity contribution < 1.29 is 27.9 Å². The van der Waals surface area contributed by atoms with E-state index in [4.69, 9.17) is 9.84 Å². The number of hydrogen-bond acceptors (Lipinski definition) is 5. The van der Waals surface area contributed by atoms with Crippen LogP contribution < -0.4 is 9.46 Å². The van der Waals surface area contributed by atoms with Gasteiger partial charge >= 0.3 is 5.97 Å². The summed E-state index contributed by atoms with van der Waals surface area (Å²) in [5.74, 6) is -1.19. The third kappa shape index (κ3) is 4.25. The van der Waals surface area contributed by atoms with Gasteiger partial charge in [-0.3, -0.25) is 9.52 Å². The van der Waals surface area contributed by atoms with Crippen molar-refractivity contribution in [3.63, 3.8) is 0 Å². The lowest BCUT2D eigenvalue weighted by Crippen LogP contribution is -2.15. The number of carbonyl (C=O) groups excluding carboxylic acids is 1. The molecule has 0 atom stereocenters. The molecule has 0 spiro atoms. The Morgan fingerprint density at radius 3 is 2.58 bits per heavy atom. The highest BCUT2D eigenvalue weighted by atomic mass is 32.2. The van der Waals surface area contributed by atoms with Crippen LogP contribution in [0.4, 0.5) is 5.69 Å². The lowest BCUT2D eigenvalue weighted by molar-refractivity contribution is -0.139. The van der Waals surface area contributed by atoms with Crippen LogP contribution in [-0.4, -0.2) is 38.6 Å². The summed E-state index contributed by atoms with van der Waals surface area (Å²) in [7, 11) is -3.56. The van der Waals surface area contributed by atoms with Gasteiger partial charge in [0.2, 0.25) is 10.0 Å². The average Bonchev–Trinajstić information content (AvgIpc) is 2.28. The Kier molecular flexibility index (Phi) is 4.49. The SMILES string of the molecule is Cc1ccc(OCC(=O)O)c(C=O)c1NS(C)(=O)=O. The normalized spacial score (nSPS) is 10.8. The number of sulfonamides is 1. The Hall–Kier alpha value is -2.09. The third-order valence-electron chi connectivity index (χ3n) is 2.17. The number of ether oxygens (including phenoxy) is 1. The number of aliphatic carboxylic acids is 1.